The normalized spacial score (nSPS) is 13.4. The molecule has 12 aromatic rings. The number of hydrogen-bond donors (Lipinski definition) is 3. The van der Waals surface area contributed by atoms with Gasteiger partial charge in [0.1, 0.15) is 40.9 Å². The number of methoxy groups -OCH3 is 2. The van der Waals surface area contributed by atoms with E-state index in [9.17, 15) is 24.5 Å². The van der Waals surface area contributed by atoms with E-state index < -0.39 is 16.5 Å². The van der Waals surface area contributed by atoms with Crippen molar-refractivity contribution >= 4 is 96.2 Å². The van der Waals surface area contributed by atoms with Crippen LogP contribution in [0.15, 0.2) is 223 Å². The number of H-pyrrole nitrogens is 3. The lowest BCUT2D eigenvalue weighted by Crippen LogP contribution is -2.43. The fourth-order valence-corrected chi connectivity index (χ4v) is 13.8. The van der Waals surface area contributed by atoms with Crippen LogP contribution < -0.4 is 29.1 Å². The first kappa shape index (κ1) is 61.0. The van der Waals surface area contributed by atoms with E-state index in [0.29, 0.717) is 73.9 Å². The number of aromatic amines is 3. The van der Waals surface area contributed by atoms with E-state index >= 15 is 4.79 Å². The molecule has 0 saturated heterocycles. The minimum Gasteiger partial charge on any atom is -0.497 e. The standard InChI is InChI=1S/C77H64N10O10/c1-94-56-25-15-50(16-26-56)77(49-9-5-3-6-10-49,51-17-27-57(95-2)28-18-51)97-47-83(54-23-19-53(20-24-54)82-81-52-11-7-4-8-12-52)46-73(88)84-39-35-58-61-43-67(78-64(61)29-32-70(58)84)74(89)85-40-36-59-62-44-68(79-65(62)30-33-71(59)85)75(90)86-41-37-60-63-45-69(80-66(63)31-34-72(60)86)76(91)96-42-38-48-13-21-55(22-14-48)87(92)93/h3-34,43-45,78-80H,35-42,46-47H2,1-2H3. The number of carbonyl (C=O) groups excluding carboxylic acids is 4. The molecule has 3 aromatic heterocycles. The fourth-order valence-electron chi connectivity index (χ4n) is 13.8. The van der Waals surface area contributed by atoms with Gasteiger partial charge in [-0.1, -0.05) is 84.9 Å². The molecule has 3 N–H and O–H groups in total. The van der Waals surface area contributed by atoms with Crippen LogP contribution in [0, 0.1) is 10.1 Å². The summed E-state index contributed by atoms with van der Waals surface area (Å²) in [5.74, 6) is 0.322. The Balaban J connectivity index is 0.661. The third-order valence-corrected chi connectivity index (χ3v) is 18.7. The second-order valence-corrected chi connectivity index (χ2v) is 24.2. The summed E-state index contributed by atoms with van der Waals surface area (Å²) in [5, 5.41) is 22.6. The van der Waals surface area contributed by atoms with Crippen molar-refractivity contribution in [3.8, 4) is 11.5 Å². The molecule has 3 amide bonds. The van der Waals surface area contributed by atoms with Crippen LogP contribution in [0.25, 0.3) is 32.7 Å². The highest BCUT2D eigenvalue weighted by Crippen LogP contribution is 2.44. The van der Waals surface area contributed by atoms with Gasteiger partial charge in [0.15, 0.2) is 0 Å². The predicted molar refractivity (Wildman–Crippen MR) is 371 cm³/mol. The summed E-state index contributed by atoms with van der Waals surface area (Å²) in [5.41, 5.74) is 12.9. The van der Waals surface area contributed by atoms with Gasteiger partial charge in [0.05, 0.1) is 43.7 Å². The van der Waals surface area contributed by atoms with Gasteiger partial charge in [0.25, 0.3) is 17.5 Å². The number of rotatable bonds is 20. The van der Waals surface area contributed by atoms with Crippen LogP contribution in [-0.4, -0.2) is 97.3 Å². The Hall–Kier alpha value is -12.2. The number of nitrogens with one attached hydrogen (secondary N) is 3. The zero-order chi connectivity index (χ0) is 66.3. The van der Waals surface area contributed by atoms with Gasteiger partial charge in [0.2, 0.25) is 5.91 Å². The number of aromatic nitrogens is 3. The van der Waals surface area contributed by atoms with Crippen LogP contribution in [0.3, 0.4) is 0 Å². The number of ether oxygens (including phenoxy) is 4. The van der Waals surface area contributed by atoms with Crippen molar-refractivity contribution in [1.29, 1.82) is 0 Å². The van der Waals surface area contributed by atoms with Gasteiger partial charge in [-0.2, -0.15) is 10.2 Å². The zero-order valence-corrected chi connectivity index (χ0v) is 53.0. The summed E-state index contributed by atoms with van der Waals surface area (Å²) < 4.78 is 24.2. The van der Waals surface area contributed by atoms with Crippen molar-refractivity contribution in [3.63, 3.8) is 0 Å². The fraction of sp³-hybridized carbons (Fsp3) is 0.169. The minimum absolute atomic E-state index is 0.00756. The number of carbonyl (C=O) groups is 4. The summed E-state index contributed by atoms with van der Waals surface area (Å²) in [6.45, 7) is 1.31. The number of amides is 3. The Bertz CT molecular complexity index is 5000. The molecule has 0 aliphatic carbocycles. The predicted octanol–water partition coefficient (Wildman–Crippen LogP) is 14.6. The Morgan fingerprint density at radius 1 is 0.526 bits per heavy atom. The summed E-state index contributed by atoms with van der Waals surface area (Å²) in [6, 6.07) is 66.0. The van der Waals surface area contributed by atoms with E-state index in [2.05, 4.69) is 25.2 Å². The Labute approximate surface area is 556 Å². The van der Waals surface area contributed by atoms with E-state index in [-0.39, 0.29) is 49.0 Å². The van der Waals surface area contributed by atoms with Gasteiger partial charge < -0.3 is 53.5 Å². The van der Waals surface area contributed by atoms with Gasteiger partial charge in [0, 0.05) is 93.6 Å². The highest BCUT2D eigenvalue weighted by molar-refractivity contribution is 6.14. The smallest absolute Gasteiger partial charge is 0.354 e. The molecule has 0 fully saturated rings. The third kappa shape index (κ3) is 11.5. The molecule has 15 rings (SSSR count). The maximum absolute atomic E-state index is 15.2. The van der Waals surface area contributed by atoms with Gasteiger partial charge in [-0.05, 0) is 173 Å². The molecular weight excluding hydrogens is 1220 g/mol. The number of nitrogens with zero attached hydrogens (tertiary/aromatic N) is 7. The molecule has 20 nitrogen and oxygen atoms in total. The van der Waals surface area contributed by atoms with E-state index in [0.717, 1.165) is 100 Å². The molecule has 0 atom stereocenters. The molecule has 97 heavy (non-hydrogen) atoms. The highest BCUT2D eigenvalue weighted by Gasteiger charge is 2.40. The van der Waals surface area contributed by atoms with Crippen LogP contribution in [-0.2, 0) is 45.6 Å². The molecule has 0 spiro atoms. The van der Waals surface area contributed by atoms with Crippen molar-refractivity contribution in [2.24, 2.45) is 10.2 Å². The molecule has 0 bridgehead atoms. The van der Waals surface area contributed by atoms with E-state index in [1.54, 1.807) is 42.2 Å². The van der Waals surface area contributed by atoms with Gasteiger partial charge in [-0.3, -0.25) is 24.5 Å². The zero-order valence-electron chi connectivity index (χ0n) is 53.0. The maximum Gasteiger partial charge on any atom is 0.354 e. The number of non-ortho nitro benzene ring substituents is 1. The molecule has 0 saturated carbocycles. The first-order valence-electron chi connectivity index (χ1n) is 32.0. The van der Waals surface area contributed by atoms with Gasteiger partial charge in [-0.15, -0.1) is 0 Å². The number of nitro groups is 1. The Morgan fingerprint density at radius 3 is 1.48 bits per heavy atom. The quantitative estimate of drug-likeness (QED) is 0.0162. The number of anilines is 4. The van der Waals surface area contributed by atoms with Crippen LogP contribution in [0.2, 0.25) is 0 Å². The summed E-state index contributed by atoms with van der Waals surface area (Å²) in [4.78, 5) is 85.4. The minimum atomic E-state index is -1.18. The summed E-state index contributed by atoms with van der Waals surface area (Å²) in [6.07, 6.45) is 2.13. The molecule has 3 aliphatic heterocycles. The number of hydrogen-bond acceptors (Lipinski definition) is 13. The molecule has 9 aromatic carbocycles. The average Bonchev–Trinajstić information content (AvgIpc) is 1.00. The Morgan fingerprint density at radius 2 is 0.979 bits per heavy atom. The topological polar surface area (TPSA) is 233 Å². The van der Waals surface area contributed by atoms with Crippen LogP contribution in [0.1, 0.15) is 70.4 Å². The SMILES string of the molecule is COc1ccc(C(OCN(CC(=O)N2CCc3c2ccc2[nH]c(C(=O)N4CCc5c4ccc4[nH]c(C(=O)N6CCc7c6ccc6[nH]c(C(=O)OCCc8ccc([N+](=O)[O-])cc8)cc76)cc54)cc32)c2ccc(N=Nc3ccccc3)cc2)(c2ccccc2)c2ccc(OC)cc2)cc1. The van der Waals surface area contributed by atoms with Crippen LogP contribution in [0.4, 0.5) is 39.8 Å². The summed E-state index contributed by atoms with van der Waals surface area (Å²) in [7, 11) is 3.27. The van der Waals surface area contributed by atoms with Crippen molar-refractivity contribution in [2.75, 3.05) is 73.3 Å². The monoisotopic (exact) mass is 1290 g/mol. The molecule has 0 radical (unpaired) electrons. The van der Waals surface area contributed by atoms with Gasteiger partial charge in [-0.25, -0.2) is 4.79 Å². The lowest BCUT2D eigenvalue weighted by Gasteiger charge is -2.38. The third-order valence-electron chi connectivity index (χ3n) is 18.7. The Kier molecular flexibility index (Phi) is 16.1. The van der Waals surface area contributed by atoms with Crippen LogP contribution >= 0.6 is 0 Å². The highest BCUT2D eigenvalue weighted by atomic mass is 16.6. The molecule has 6 heterocycles. The number of esters is 1. The van der Waals surface area contributed by atoms with Crippen molar-refractivity contribution in [3.05, 3.63) is 278 Å². The first-order valence-corrected chi connectivity index (χ1v) is 32.0. The summed E-state index contributed by atoms with van der Waals surface area (Å²) >= 11 is 0. The number of benzene rings is 9. The molecule has 3 aliphatic rings. The lowest BCUT2D eigenvalue weighted by atomic mass is 9.80. The van der Waals surface area contributed by atoms with E-state index in [4.69, 9.17) is 18.9 Å². The molecular formula is C77H64N10O10. The maximum atomic E-state index is 15.2. The molecule has 20 heteroatoms. The van der Waals surface area contributed by atoms with Crippen molar-refractivity contribution < 1.29 is 43.0 Å². The van der Waals surface area contributed by atoms with Gasteiger partial charge >= 0.3 is 5.97 Å². The number of azo groups is 1. The van der Waals surface area contributed by atoms with E-state index in [1.807, 2.05) is 192 Å². The largest absolute Gasteiger partial charge is 0.497 e. The average molecular weight is 1290 g/mol. The number of fused-ring (bicyclic) bond motifs is 9. The van der Waals surface area contributed by atoms with Crippen molar-refractivity contribution in [1.82, 2.24) is 15.0 Å². The molecule has 482 valence electrons. The van der Waals surface area contributed by atoms with E-state index in [1.165, 1.54) is 12.1 Å². The number of nitro benzene ring substituents is 1. The second-order valence-electron chi connectivity index (χ2n) is 24.2. The first-order chi connectivity index (χ1) is 47.4. The van der Waals surface area contributed by atoms with Crippen molar-refractivity contribution in [2.45, 2.75) is 31.3 Å². The molecule has 0 unspecified atom stereocenters. The lowest BCUT2D eigenvalue weighted by molar-refractivity contribution is -0.384. The second kappa shape index (κ2) is 25.6. The van der Waals surface area contributed by atoms with Crippen LogP contribution in [0.5, 0.6) is 11.5 Å².